The van der Waals surface area contributed by atoms with E-state index in [9.17, 15) is 13.2 Å². The van der Waals surface area contributed by atoms with Crippen molar-refractivity contribution in [3.05, 3.63) is 46.3 Å². The van der Waals surface area contributed by atoms with Crippen LogP contribution in [0.2, 0.25) is 0 Å². The Morgan fingerprint density at radius 3 is 2.72 bits per heavy atom. The highest BCUT2D eigenvalue weighted by Gasteiger charge is 2.30. The first-order chi connectivity index (χ1) is 11.4. The number of guanidine groups is 1. The van der Waals surface area contributed by atoms with Gasteiger partial charge in [-0.1, -0.05) is 6.07 Å². The van der Waals surface area contributed by atoms with Crippen molar-refractivity contribution >= 4 is 41.3 Å². The number of nitrogens with zero attached hydrogens (tertiary/aromatic N) is 2. The molecule has 2 aromatic rings. The van der Waals surface area contributed by atoms with Crippen LogP contribution in [-0.4, -0.2) is 30.6 Å². The Bertz CT molecular complexity index is 648. The lowest BCUT2D eigenvalue weighted by atomic mass is 10.3. The molecule has 0 aliphatic carbocycles. The summed E-state index contributed by atoms with van der Waals surface area (Å²) in [6.45, 7) is 1.16. The molecule has 0 atom stereocenters. The minimum absolute atomic E-state index is 0. The number of hydrogen-bond acceptors (Lipinski definition) is 4. The van der Waals surface area contributed by atoms with Gasteiger partial charge in [0.1, 0.15) is 6.61 Å². The van der Waals surface area contributed by atoms with Crippen molar-refractivity contribution in [3.8, 4) is 5.88 Å². The molecule has 0 saturated carbocycles. The number of aromatic nitrogens is 1. The first kappa shape index (κ1) is 21.5. The lowest BCUT2D eigenvalue weighted by Crippen LogP contribution is -2.35. The van der Waals surface area contributed by atoms with Crippen molar-refractivity contribution in [1.82, 2.24) is 10.3 Å². The predicted octanol–water partition coefficient (Wildman–Crippen LogP) is 3.31. The summed E-state index contributed by atoms with van der Waals surface area (Å²) in [4.78, 5) is 9.02. The normalized spacial score (nSPS) is 11.7. The third-order valence-corrected chi connectivity index (χ3v) is 3.88. The number of halogens is 4. The number of thiophene rings is 1. The Hall–Kier alpha value is -1.56. The minimum atomic E-state index is -4.40. The summed E-state index contributed by atoms with van der Waals surface area (Å²) < 4.78 is 42.4. The average molecular weight is 486 g/mol. The van der Waals surface area contributed by atoms with E-state index >= 15 is 0 Å². The predicted molar refractivity (Wildman–Crippen MR) is 103 cm³/mol. The van der Waals surface area contributed by atoms with Gasteiger partial charge in [-0.3, -0.25) is 4.99 Å². The molecule has 0 unspecified atom stereocenters. The zero-order valence-electron chi connectivity index (χ0n) is 13.1. The number of hydrogen-bond donors (Lipinski definition) is 2. The van der Waals surface area contributed by atoms with Crippen molar-refractivity contribution in [3.63, 3.8) is 0 Å². The van der Waals surface area contributed by atoms with E-state index in [1.807, 2.05) is 17.5 Å². The van der Waals surface area contributed by atoms with Crippen molar-refractivity contribution in [2.75, 3.05) is 19.7 Å². The van der Waals surface area contributed by atoms with E-state index in [-0.39, 0.29) is 36.5 Å². The standard InChI is InChI=1S/C15H17F3N4OS.HI/c16-15(17,18)11-3-4-13(22-10-11)23-8-7-21-14(19)20-6-5-12-2-1-9-24-12;/h1-4,9-10H,5-8H2,(H3,19,20,21);1H. The van der Waals surface area contributed by atoms with E-state index in [1.54, 1.807) is 11.3 Å². The molecule has 0 saturated heterocycles. The topological polar surface area (TPSA) is 72.5 Å². The molecule has 2 aromatic heterocycles. The van der Waals surface area contributed by atoms with E-state index in [4.69, 9.17) is 10.5 Å². The van der Waals surface area contributed by atoms with Gasteiger partial charge < -0.3 is 15.8 Å². The molecule has 0 aromatic carbocycles. The summed E-state index contributed by atoms with van der Waals surface area (Å²) >= 11 is 1.67. The monoisotopic (exact) mass is 486 g/mol. The van der Waals surface area contributed by atoms with Crippen LogP contribution in [0.25, 0.3) is 0 Å². The van der Waals surface area contributed by atoms with Gasteiger partial charge in [-0.15, -0.1) is 35.3 Å². The van der Waals surface area contributed by atoms with Gasteiger partial charge >= 0.3 is 6.18 Å². The molecule has 0 spiro atoms. The summed E-state index contributed by atoms with van der Waals surface area (Å²) in [5.41, 5.74) is 4.90. The molecule has 5 nitrogen and oxygen atoms in total. The summed E-state index contributed by atoms with van der Waals surface area (Å²) in [6, 6.07) is 6.13. The summed E-state index contributed by atoms with van der Waals surface area (Å²) in [5.74, 6) is 0.425. The second-order valence-corrected chi connectivity index (χ2v) is 5.79. The van der Waals surface area contributed by atoms with Crippen LogP contribution in [-0.2, 0) is 12.6 Å². The molecule has 0 fully saturated rings. The van der Waals surface area contributed by atoms with E-state index < -0.39 is 11.7 Å². The van der Waals surface area contributed by atoms with Crippen LogP contribution >= 0.6 is 35.3 Å². The lowest BCUT2D eigenvalue weighted by Gasteiger charge is -2.09. The smallest absolute Gasteiger partial charge is 0.417 e. The van der Waals surface area contributed by atoms with Crippen LogP contribution in [0.15, 0.2) is 40.8 Å². The molecule has 25 heavy (non-hydrogen) atoms. The number of nitrogens with two attached hydrogens (primary N) is 1. The third-order valence-electron chi connectivity index (χ3n) is 2.94. The largest absolute Gasteiger partial charge is 0.476 e. The van der Waals surface area contributed by atoms with Crippen molar-refractivity contribution in [1.29, 1.82) is 0 Å². The third kappa shape index (κ3) is 7.90. The maximum atomic E-state index is 12.4. The fourth-order valence-electron chi connectivity index (χ4n) is 1.77. The Morgan fingerprint density at radius 2 is 2.12 bits per heavy atom. The first-order valence-corrected chi connectivity index (χ1v) is 8.05. The highest BCUT2D eigenvalue weighted by Crippen LogP contribution is 2.29. The zero-order chi connectivity index (χ0) is 17.4. The highest BCUT2D eigenvalue weighted by atomic mass is 127. The van der Waals surface area contributed by atoms with E-state index in [0.717, 1.165) is 18.7 Å². The van der Waals surface area contributed by atoms with Gasteiger partial charge in [0, 0.05) is 30.1 Å². The van der Waals surface area contributed by atoms with Crippen LogP contribution in [0.3, 0.4) is 0 Å². The lowest BCUT2D eigenvalue weighted by molar-refractivity contribution is -0.137. The maximum absolute atomic E-state index is 12.4. The number of nitrogens with one attached hydrogen (secondary N) is 1. The second kappa shape index (κ2) is 10.4. The van der Waals surface area contributed by atoms with E-state index in [0.29, 0.717) is 19.0 Å². The molecule has 0 aliphatic heterocycles. The Labute approximate surface area is 164 Å². The highest BCUT2D eigenvalue weighted by molar-refractivity contribution is 14.0. The average Bonchev–Trinajstić information content (AvgIpc) is 3.04. The SMILES string of the molecule is I.NC(=NCCc1cccs1)NCCOc1ccc(C(F)(F)F)cn1. The molecule has 0 amide bonds. The molecule has 0 bridgehead atoms. The zero-order valence-corrected chi connectivity index (χ0v) is 16.3. The quantitative estimate of drug-likeness (QED) is 0.273. The Morgan fingerprint density at radius 1 is 1.32 bits per heavy atom. The van der Waals surface area contributed by atoms with Crippen molar-refractivity contribution in [2.24, 2.45) is 10.7 Å². The Kier molecular flexibility index (Phi) is 8.97. The molecule has 2 rings (SSSR count). The van der Waals surface area contributed by atoms with Gasteiger partial charge in [-0.05, 0) is 17.5 Å². The molecule has 138 valence electrons. The first-order valence-electron chi connectivity index (χ1n) is 7.17. The van der Waals surface area contributed by atoms with Gasteiger partial charge in [0.05, 0.1) is 12.1 Å². The summed E-state index contributed by atoms with van der Waals surface area (Å²) in [6.07, 6.45) is -2.84. The van der Waals surface area contributed by atoms with Gasteiger partial charge in [-0.2, -0.15) is 13.2 Å². The van der Waals surface area contributed by atoms with Crippen LogP contribution in [0.4, 0.5) is 13.2 Å². The molecule has 2 heterocycles. The van der Waals surface area contributed by atoms with Crippen LogP contribution in [0.5, 0.6) is 5.88 Å². The minimum Gasteiger partial charge on any atom is -0.476 e. The summed E-state index contributed by atoms with van der Waals surface area (Å²) in [5, 5.41) is 4.87. The molecular formula is C15H18F3IN4OS. The number of alkyl halides is 3. The molecule has 3 N–H and O–H groups in total. The number of ether oxygens (including phenoxy) is 1. The van der Waals surface area contributed by atoms with Crippen molar-refractivity contribution < 1.29 is 17.9 Å². The molecule has 0 radical (unpaired) electrons. The van der Waals surface area contributed by atoms with Gasteiger partial charge in [0.25, 0.3) is 0 Å². The molecule has 10 heteroatoms. The van der Waals surface area contributed by atoms with E-state index in [1.165, 1.54) is 10.9 Å². The van der Waals surface area contributed by atoms with Gasteiger partial charge in [0.2, 0.25) is 5.88 Å². The molecule has 0 aliphatic rings. The van der Waals surface area contributed by atoms with E-state index in [2.05, 4.69) is 15.3 Å². The number of rotatable bonds is 7. The maximum Gasteiger partial charge on any atom is 0.417 e. The van der Waals surface area contributed by atoms with Crippen LogP contribution < -0.4 is 15.8 Å². The van der Waals surface area contributed by atoms with Crippen molar-refractivity contribution in [2.45, 2.75) is 12.6 Å². The summed E-state index contributed by atoms with van der Waals surface area (Å²) in [7, 11) is 0. The molecular weight excluding hydrogens is 468 g/mol. The van der Waals surface area contributed by atoms with Gasteiger partial charge in [-0.25, -0.2) is 4.98 Å². The van der Waals surface area contributed by atoms with Crippen LogP contribution in [0, 0.1) is 0 Å². The second-order valence-electron chi connectivity index (χ2n) is 4.75. The van der Waals surface area contributed by atoms with Gasteiger partial charge in [0.15, 0.2) is 5.96 Å². The fourth-order valence-corrected chi connectivity index (χ4v) is 2.46. The Balaban J connectivity index is 0.00000312. The number of aliphatic imine (C=N–C) groups is 1. The fraction of sp³-hybridized carbons (Fsp3) is 0.333. The van der Waals surface area contributed by atoms with Crippen LogP contribution in [0.1, 0.15) is 10.4 Å². The number of pyridine rings is 1.